The lowest BCUT2D eigenvalue weighted by molar-refractivity contribution is -0.184. The van der Waals surface area contributed by atoms with Crippen molar-refractivity contribution < 1.29 is 62.6 Å². The van der Waals surface area contributed by atoms with Gasteiger partial charge in [0.15, 0.2) is 18.0 Å². The fourth-order valence-corrected chi connectivity index (χ4v) is 5.74. The Morgan fingerprint density at radius 1 is 0.980 bits per heavy atom. The van der Waals surface area contributed by atoms with Crippen molar-refractivity contribution in [2.75, 3.05) is 11.9 Å². The number of aryl methyl sites for hydroxylation is 1. The average molecular weight is 732 g/mol. The van der Waals surface area contributed by atoms with E-state index in [2.05, 4.69) is 15.3 Å². The Kier molecular flexibility index (Phi) is 11.9. The number of halogens is 11. The van der Waals surface area contributed by atoms with Crippen LogP contribution in [0.2, 0.25) is 0 Å². The van der Waals surface area contributed by atoms with E-state index < -0.39 is 79.3 Å². The largest absolute Gasteiger partial charge is 0.471 e. The van der Waals surface area contributed by atoms with Crippen molar-refractivity contribution in [2.24, 2.45) is 18.9 Å². The van der Waals surface area contributed by atoms with E-state index in [-0.39, 0.29) is 59.8 Å². The number of ketones is 1. The molecule has 1 saturated carbocycles. The zero-order valence-corrected chi connectivity index (χ0v) is 26.3. The monoisotopic (exact) mass is 731 g/mol. The molecule has 0 bridgehead atoms. The van der Waals surface area contributed by atoms with Gasteiger partial charge in [-0.2, -0.15) is 44.5 Å². The molecule has 0 aliphatic heterocycles. The fraction of sp³-hybridized carbons (Fsp3) is 0.548. The second-order valence-corrected chi connectivity index (χ2v) is 12.0. The van der Waals surface area contributed by atoms with E-state index in [0.29, 0.717) is 25.3 Å². The van der Waals surface area contributed by atoms with Gasteiger partial charge in [0.05, 0.1) is 22.7 Å². The Hall–Kier alpha value is -4.19. The number of ether oxygens (including phenoxy) is 1. The lowest BCUT2D eigenvalue weighted by Gasteiger charge is -2.29. The molecule has 0 unspecified atom stereocenters. The molecule has 4 rings (SSSR count). The van der Waals surface area contributed by atoms with E-state index in [4.69, 9.17) is 4.74 Å². The SMILES string of the molecule is Cn1c(Nc2cc(CNC(=O)CC(F)(F)F)ccc2C(F)(F)F)nc2cc(C(=O)CCCC3CCC(C(F)(F)F)CC3)c(OCC(F)F)nc21. The van der Waals surface area contributed by atoms with Crippen LogP contribution in [0.15, 0.2) is 24.3 Å². The summed E-state index contributed by atoms with van der Waals surface area (Å²) >= 11 is 0. The summed E-state index contributed by atoms with van der Waals surface area (Å²) in [6.07, 6.45) is -17.4. The van der Waals surface area contributed by atoms with Gasteiger partial charge < -0.3 is 15.4 Å². The van der Waals surface area contributed by atoms with E-state index in [1.807, 2.05) is 5.32 Å². The molecule has 1 amide bonds. The third-order valence-corrected chi connectivity index (χ3v) is 8.27. The number of aromatic nitrogens is 3. The number of hydrogen-bond donors (Lipinski definition) is 2. The topological polar surface area (TPSA) is 98.1 Å². The molecule has 1 fully saturated rings. The number of imidazole rings is 1. The van der Waals surface area contributed by atoms with Crippen molar-refractivity contribution in [3.05, 3.63) is 41.0 Å². The van der Waals surface area contributed by atoms with Crippen LogP contribution in [0.25, 0.3) is 11.2 Å². The third kappa shape index (κ3) is 10.4. The van der Waals surface area contributed by atoms with Crippen LogP contribution in [-0.4, -0.2) is 51.6 Å². The van der Waals surface area contributed by atoms with Crippen molar-refractivity contribution in [1.29, 1.82) is 0 Å². The lowest BCUT2D eigenvalue weighted by Crippen LogP contribution is -2.28. The predicted octanol–water partition coefficient (Wildman–Crippen LogP) is 8.66. The molecule has 0 spiro atoms. The van der Waals surface area contributed by atoms with Gasteiger partial charge in [0, 0.05) is 20.0 Å². The molecule has 0 radical (unpaired) electrons. The van der Waals surface area contributed by atoms with Gasteiger partial charge in [0.2, 0.25) is 17.7 Å². The lowest BCUT2D eigenvalue weighted by atomic mass is 9.79. The first-order valence-corrected chi connectivity index (χ1v) is 15.4. The summed E-state index contributed by atoms with van der Waals surface area (Å²) in [5.41, 5.74) is -2.09. The van der Waals surface area contributed by atoms with Crippen LogP contribution >= 0.6 is 0 Å². The van der Waals surface area contributed by atoms with E-state index in [1.54, 1.807) is 0 Å². The number of hydrogen-bond acceptors (Lipinski definition) is 6. The Bertz CT molecular complexity index is 1660. The number of pyridine rings is 1. The number of rotatable bonds is 13. The van der Waals surface area contributed by atoms with Crippen LogP contribution in [-0.2, 0) is 24.6 Å². The number of Topliss-reactive ketones (excluding diaryl/α,β-unsaturated/α-hetero) is 1. The van der Waals surface area contributed by atoms with Crippen LogP contribution in [0.1, 0.15) is 72.9 Å². The van der Waals surface area contributed by atoms with Gasteiger partial charge in [0.1, 0.15) is 11.9 Å². The van der Waals surface area contributed by atoms with Gasteiger partial charge in [0.25, 0.3) is 6.43 Å². The summed E-state index contributed by atoms with van der Waals surface area (Å²) < 4.78 is 150. The number of carbonyl (C=O) groups excluding carboxylic acids is 2. The quantitative estimate of drug-likeness (QED) is 0.135. The van der Waals surface area contributed by atoms with Crippen molar-refractivity contribution in [2.45, 2.75) is 82.9 Å². The van der Waals surface area contributed by atoms with Crippen LogP contribution < -0.4 is 15.4 Å². The molecule has 1 aromatic carbocycles. The molecular formula is C31H32F11N5O3. The van der Waals surface area contributed by atoms with Gasteiger partial charge in [-0.05, 0) is 61.8 Å². The Morgan fingerprint density at radius 2 is 1.66 bits per heavy atom. The molecular weight excluding hydrogens is 699 g/mol. The predicted molar refractivity (Wildman–Crippen MR) is 157 cm³/mol. The fourth-order valence-electron chi connectivity index (χ4n) is 5.74. The summed E-state index contributed by atoms with van der Waals surface area (Å²) in [4.78, 5) is 33.2. The molecule has 0 saturated heterocycles. The Balaban J connectivity index is 1.55. The Labute approximate surface area is 277 Å². The van der Waals surface area contributed by atoms with E-state index >= 15 is 0 Å². The molecule has 276 valence electrons. The van der Waals surface area contributed by atoms with Gasteiger partial charge in [-0.25, -0.2) is 13.8 Å². The average Bonchev–Trinajstić information content (AvgIpc) is 3.30. The highest BCUT2D eigenvalue weighted by Gasteiger charge is 2.41. The summed E-state index contributed by atoms with van der Waals surface area (Å²) in [5, 5.41) is 4.47. The summed E-state index contributed by atoms with van der Waals surface area (Å²) in [5.74, 6) is -4.07. The first kappa shape index (κ1) is 38.6. The Morgan fingerprint density at radius 3 is 2.26 bits per heavy atom. The smallest absolute Gasteiger partial charge is 0.418 e. The number of anilines is 2. The molecule has 2 aromatic heterocycles. The molecule has 3 aromatic rings. The van der Waals surface area contributed by atoms with E-state index in [1.165, 1.54) is 13.1 Å². The van der Waals surface area contributed by atoms with Crippen LogP contribution in [0.3, 0.4) is 0 Å². The number of nitrogens with zero attached hydrogens (tertiary/aromatic N) is 3. The zero-order valence-electron chi connectivity index (χ0n) is 26.3. The van der Waals surface area contributed by atoms with Gasteiger partial charge >= 0.3 is 18.5 Å². The summed E-state index contributed by atoms with van der Waals surface area (Å²) in [6, 6.07) is 3.76. The molecule has 1 aliphatic carbocycles. The number of benzene rings is 1. The van der Waals surface area contributed by atoms with Gasteiger partial charge in [-0.15, -0.1) is 0 Å². The number of fused-ring (bicyclic) bond motifs is 1. The maximum Gasteiger partial charge on any atom is 0.418 e. The second-order valence-electron chi connectivity index (χ2n) is 12.0. The number of amides is 1. The zero-order chi connectivity index (χ0) is 37.0. The highest BCUT2D eigenvalue weighted by atomic mass is 19.4. The molecule has 19 heteroatoms. The van der Waals surface area contributed by atoms with Crippen molar-refractivity contribution in [1.82, 2.24) is 19.9 Å². The van der Waals surface area contributed by atoms with Crippen molar-refractivity contribution in [3.8, 4) is 5.88 Å². The van der Waals surface area contributed by atoms with E-state index in [9.17, 15) is 57.9 Å². The number of alkyl halides is 11. The van der Waals surface area contributed by atoms with Crippen molar-refractivity contribution >= 4 is 34.5 Å². The molecule has 1 aliphatic rings. The maximum atomic E-state index is 13.9. The molecule has 2 N–H and O–H groups in total. The highest BCUT2D eigenvalue weighted by molar-refractivity contribution is 6.00. The van der Waals surface area contributed by atoms with Crippen LogP contribution in [0, 0.1) is 11.8 Å². The summed E-state index contributed by atoms with van der Waals surface area (Å²) in [7, 11) is 1.32. The molecule has 8 nitrogen and oxygen atoms in total. The highest BCUT2D eigenvalue weighted by Crippen LogP contribution is 2.41. The summed E-state index contributed by atoms with van der Waals surface area (Å²) in [6.45, 7) is -1.66. The minimum Gasteiger partial charge on any atom is -0.471 e. The van der Waals surface area contributed by atoms with Crippen LogP contribution in [0.5, 0.6) is 5.88 Å². The molecule has 0 atom stereocenters. The first-order valence-electron chi connectivity index (χ1n) is 15.4. The number of carbonyl (C=O) groups is 2. The normalized spacial score (nSPS) is 17.3. The number of nitrogens with one attached hydrogen (secondary N) is 2. The van der Waals surface area contributed by atoms with Crippen molar-refractivity contribution in [3.63, 3.8) is 0 Å². The minimum atomic E-state index is -4.91. The first-order chi connectivity index (χ1) is 23.2. The second kappa shape index (κ2) is 15.4. The van der Waals surface area contributed by atoms with Gasteiger partial charge in [-0.1, -0.05) is 12.5 Å². The maximum absolute atomic E-state index is 13.9. The molecule has 2 heterocycles. The standard InChI is InChI=1S/C31H32F11N5O3/c1-47-26-22(45-28(47)44-21-11-17(7-10-20(21)31(40,41)42)14-43-25(49)13-29(34,35)36)12-19(27(46-26)50-15-24(32)33)23(48)4-2-3-16-5-8-18(9-6-16)30(37,38)39/h7,10-12,16,18,24H,2-6,8-9,13-15H2,1H3,(H,43,49)(H,44,45). The van der Waals surface area contributed by atoms with Gasteiger partial charge in [-0.3, -0.25) is 14.2 Å². The van der Waals surface area contributed by atoms with Crippen LogP contribution in [0.4, 0.5) is 59.9 Å². The molecule has 50 heavy (non-hydrogen) atoms. The minimum absolute atomic E-state index is 0.00234. The third-order valence-electron chi connectivity index (χ3n) is 8.27. The van der Waals surface area contributed by atoms with E-state index in [0.717, 1.165) is 16.7 Å².